The van der Waals surface area contributed by atoms with E-state index in [2.05, 4.69) is 0 Å². The number of carbonyl (C=O) groups is 3. The summed E-state index contributed by atoms with van der Waals surface area (Å²) in [5.41, 5.74) is 8.57. The minimum atomic E-state index is -1.13. The summed E-state index contributed by atoms with van der Waals surface area (Å²) in [5.74, 6) is -1.33. The summed E-state index contributed by atoms with van der Waals surface area (Å²) in [5, 5.41) is 12.1. The minimum Gasteiger partial charge on any atom is -0.381 e. The zero-order valence-electron chi connectivity index (χ0n) is 20.4. The number of nitrogens with two attached hydrogens (primary N) is 1. The van der Waals surface area contributed by atoms with Gasteiger partial charge in [0.15, 0.2) is 0 Å². The average molecular weight is 475 g/mol. The van der Waals surface area contributed by atoms with Crippen molar-refractivity contribution in [2.24, 2.45) is 11.7 Å². The van der Waals surface area contributed by atoms with Crippen molar-refractivity contribution in [3.05, 3.63) is 42.0 Å². The van der Waals surface area contributed by atoms with Gasteiger partial charge in [-0.2, -0.15) is 0 Å². The lowest BCUT2D eigenvalue weighted by atomic mass is 10.0. The van der Waals surface area contributed by atoms with Crippen LogP contribution in [-0.4, -0.2) is 64.3 Å². The predicted octanol–water partition coefficient (Wildman–Crippen LogP) is 2.50. The third-order valence-electron chi connectivity index (χ3n) is 5.75. The molecule has 1 saturated heterocycles. The first-order valence-corrected chi connectivity index (χ1v) is 11.9. The van der Waals surface area contributed by atoms with Gasteiger partial charge < -0.3 is 10.5 Å². The molecule has 1 aromatic carbocycles. The van der Waals surface area contributed by atoms with Gasteiger partial charge in [0.1, 0.15) is 6.04 Å². The SMILES string of the molecule is CC(C)CCC(=O)N([C@@H](CC=Cc1ccccc1)C(=O)NO)N(C(=O)[C@@H](C)N)C1CCOCC1. The maximum atomic E-state index is 13.5. The van der Waals surface area contributed by atoms with Gasteiger partial charge in [-0.25, -0.2) is 15.5 Å². The van der Waals surface area contributed by atoms with E-state index in [0.29, 0.717) is 32.5 Å². The van der Waals surface area contributed by atoms with Gasteiger partial charge in [0.2, 0.25) is 5.91 Å². The Morgan fingerprint density at radius 2 is 1.82 bits per heavy atom. The van der Waals surface area contributed by atoms with Gasteiger partial charge in [0.05, 0.1) is 12.1 Å². The molecule has 0 bridgehead atoms. The maximum Gasteiger partial charge on any atom is 0.268 e. The van der Waals surface area contributed by atoms with Gasteiger partial charge in [-0.15, -0.1) is 0 Å². The number of nitrogens with one attached hydrogen (secondary N) is 1. The van der Waals surface area contributed by atoms with Crippen molar-refractivity contribution in [3.63, 3.8) is 0 Å². The summed E-state index contributed by atoms with van der Waals surface area (Å²) < 4.78 is 5.45. The largest absolute Gasteiger partial charge is 0.381 e. The Morgan fingerprint density at radius 3 is 2.38 bits per heavy atom. The fourth-order valence-corrected chi connectivity index (χ4v) is 3.86. The Balaban J connectivity index is 2.46. The average Bonchev–Trinajstić information content (AvgIpc) is 2.84. The lowest BCUT2D eigenvalue weighted by Gasteiger charge is -2.45. The van der Waals surface area contributed by atoms with Crippen molar-refractivity contribution in [3.8, 4) is 0 Å². The van der Waals surface area contributed by atoms with Gasteiger partial charge in [-0.05, 0) is 44.1 Å². The first kappa shape index (κ1) is 27.5. The molecule has 2 atom stereocenters. The normalized spacial score (nSPS) is 16.3. The molecule has 0 saturated carbocycles. The Morgan fingerprint density at radius 1 is 1.18 bits per heavy atom. The van der Waals surface area contributed by atoms with Crippen LogP contribution in [0.15, 0.2) is 36.4 Å². The zero-order valence-corrected chi connectivity index (χ0v) is 20.4. The molecule has 34 heavy (non-hydrogen) atoms. The molecule has 0 radical (unpaired) electrons. The number of rotatable bonds is 10. The predicted molar refractivity (Wildman–Crippen MR) is 129 cm³/mol. The Labute approximate surface area is 201 Å². The Hall–Kier alpha value is -2.75. The van der Waals surface area contributed by atoms with Crippen LogP contribution in [-0.2, 0) is 19.1 Å². The second-order valence-corrected chi connectivity index (χ2v) is 9.03. The monoisotopic (exact) mass is 474 g/mol. The number of benzene rings is 1. The molecule has 3 amide bonds. The van der Waals surface area contributed by atoms with Crippen LogP contribution in [0.1, 0.15) is 58.4 Å². The van der Waals surface area contributed by atoms with Gasteiger partial charge >= 0.3 is 0 Å². The van der Waals surface area contributed by atoms with E-state index in [9.17, 15) is 19.6 Å². The Kier molecular flexibility index (Phi) is 11.2. The molecule has 1 heterocycles. The molecule has 4 N–H and O–H groups in total. The van der Waals surface area contributed by atoms with E-state index < -0.39 is 23.9 Å². The second kappa shape index (κ2) is 13.8. The van der Waals surface area contributed by atoms with Crippen LogP contribution in [0.4, 0.5) is 0 Å². The highest BCUT2D eigenvalue weighted by Gasteiger charge is 2.40. The first-order valence-electron chi connectivity index (χ1n) is 11.9. The molecule has 0 unspecified atom stereocenters. The maximum absolute atomic E-state index is 13.5. The lowest BCUT2D eigenvalue weighted by Crippen LogP contribution is -2.64. The zero-order chi connectivity index (χ0) is 25.1. The second-order valence-electron chi connectivity index (χ2n) is 9.03. The number of hydrogen-bond acceptors (Lipinski definition) is 6. The summed E-state index contributed by atoms with van der Waals surface area (Å²) in [4.78, 5) is 39.7. The first-order chi connectivity index (χ1) is 16.3. The van der Waals surface area contributed by atoms with Gasteiger partial charge in [0.25, 0.3) is 11.8 Å². The summed E-state index contributed by atoms with van der Waals surface area (Å²) in [6.07, 6.45) is 5.47. The highest BCUT2D eigenvalue weighted by molar-refractivity contribution is 5.90. The van der Waals surface area contributed by atoms with Gasteiger partial charge in [-0.3, -0.25) is 19.6 Å². The molecule has 0 aromatic heterocycles. The Bertz CT molecular complexity index is 822. The fraction of sp³-hybridized carbons (Fsp3) is 0.560. The molecule has 9 heteroatoms. The van der Waals surface area contributed by atoms with Gasteiger partial charge in [0, 0.05) is 19.6 Å². The van der Waals surface area contributed by atoms with Crippen LogP contribution in [0.2, 0.25) is 0 Å². The highest BCUT2D eigenvalue weighted by atomic mass is 16.5. The number of carbonyl (C=O) groups excluding carboxylic acids is 3. The number of amides is 3. The molecular formula is C25H38N4O5. The smallest absolute Gasteiger partial charge is 0.268 e. The summed E-state index contributed by atoms with van der Waals surface area (Å²) in [6.45, 7) is 6.43. The summed E-state index contributed by atoms with van der Waals surface area (Å²) >= 11 is 0. The van der Waals surface area contributed by atoms with E-state index in [4.69, 9.17) is 10.5 Å². The molecule has 1 fully saturated rings. The molecule has 0 aliphatic carbocycles. The lowest BCUT2D eigenvalue weighted by molar-refractivity contribution is -0.183. The van der Waals surface area contributed by atoms with E-state index >= 15 is 0 Å². The van der Waals surface area contributed by atoms with E-state index in [1.807, 2.05) is 50.3 Å². The number of ether oxygens (including phenoxy) is 1. The topological polar surface area (TPSA) is 125 Å². The minimum absolute atomic E-state index is 0.0979. The van der Waals surface area contributed by atoms with Crippen LogP contribution in [0.3, 0.4) is 0 Å². The molecule has 0 spiro atoms. The molecule has 2 rings (SSSR count). The molecule has 1 aliphatic rings. The number of hydrazine groups is 1. The van der Waals surface area contributed by atoms with Gasteiger partial charge in [-0.1, -0.05) is 56.3 Å². The van der Waals surface area contributed by atoms with Crippen molar-refractivity contribution in [2.75, 3.05) is 13.2 Å². The van der Waals surface area contributed by atoms with E-state index in [1.165, 1.54) is 10.0 Å². The van der Waals surface area contributed by atoms with Crippen molar-refractivity contribution < 1.29 is 24.3 Å². The fourth-order valence-electron chi connectivity index (χ4n) is 3.86. The van der Waals surface area contributed by atoms with Crippen molar-refractivity contribution in [1.82, 2.24) is 15.5 Å². The van der Waals surface area contributed by atoms with Crippen molar-refractivity contribution >= 4 is 23.8 Å². The molecule has 9 nitrogen and oxygen atoms in total. The quantitative estimate of drug-likeness (QED) is 0.353. The van der Waals surface area contributed by atoms with Crippen LogP contribution in [0.5, 0.6) is 0 Å². The molecule has 1 aliphatic heterocycles. The van der Waals surface area contributed by atoms with Crippen LogP contribution in [0, 0.1) is 5.92 Å². The highest BCUT2D eigenvalue weighted by Crippen LogP contribution is 2.24. The van der Waals surface area contributed by atoms with E-state index in [-0.39, 0.29) is 30.7 Å². The molecular weight excluding hydrogens is 436 g/mol. The number of hydrogen-bond donors (Lipinski definition) is 3. The molecule has 188 valence electrons. The van der Waals surface area contributed by atoms with E-state index in [1.54, 1.807) is 18.5 Å². The van der Waals surface area contributed by atoms with Crippen LogP contribution < -0.4 is 11.2 Å². The van der Waals surface area contributed by atoms with E-state index in [0.717, 1.165) is 5.56 Å². The van der Waals surface area contributed by atoms with Crippen LogP contribution in [0.25, 0.3) is 6.08 Å². The third kappa shape index (κ3) is 7.93. The standard InChI is InChI=1S/C25H38N4O5/c1-18(2)12-13-23(30)29(28(25(32)19(3)26)21-14-16-34-17-15-21)22(24(31)27-33)11-7-10-20-8-5-4-6-9-20/h4-10,18-19,21-22,33H,11-17,26H2,1-3H3,(H,27,31)/t19-,22+/m1/s1. The number of hydroxylamine groups is 1. The molecule has 1 aromatic rings. The van der Waals surface area contributed by atoms with Crippen molar-refractivity contribution in [2.45, 2.75) is 71.0 Å². The van der Waals surface area contributed by atoms with Crippen molar-refractivity contribution in [1.29, 1.82) is 0 Å². The summed E-state index contributed by atoms with van der Waals surface area (Å²) in [6, 6.07) is 7.17. The third-order valence-corrected chi connectivity index (χ3v) is 5.75. The number of nitrogens with zero attached hydrogens (tertiary/aromatic N) is 2. The van der Waals surface area contributed by atoms with Crippen LogP contribution >= 0.6 is 0 Å². The summed E-state index contributed by atoms with van der Waals surface area (Å²) in [7, 11) is 0.